The third-order valence-corrected chi connectivity index (χ3v) is 3.92. The highest BCUT2D eigenvalue weighted by Gasteiger charge is 2.18. The van der Waals surface area contributed by atoms with Gasteiger partial charge >= 0.3 is 0 Å². The van der Waals surface area contributed by atoms with Crippen LogP contribution in [0.1, 0.15) is 31.2 Å². The van der Waals surface area contributed by atoms with Gasteiger partial charge in [-0.1, -0.05) is 18.9 Å². The van der Waals surface area contributed by atoms with E-state index in [-0.39, 0.29) is 0 Å². The zero-order chi connectivity index (χ0) is 13.7. The first-order chi connectivity index (χ1) is 9.16. The summed E-state index contributed by atoms with van der Waals surface area (Å²) in [6, 6.07) is 4.44. The molecule has 0 amide bonds. The Balaban J connectivity index is 1.68. The molecule has 0 unspecified atom stereocenters. The Bertz CT molecular complexity index is 403. The van der Waals surface area contributed by atoms with Crippen molar-refractivity contribution in [2.75, 3.05) is 20.1 Å². The fraction of sp³-hybridized carbons (Fsp3) is 0.600. The van der Waals surface area contributed by atoms with E-state index in [9.17, 15) is 8.78 Å². The van der Waals surface area contributed by atoms with Crippen LogP contribution in [0.15, 0.2) is 18.2 Å². The van der Waals surface area contributed by atoms with Gasteiger partial charge in [-0.05, 0) is 26.0 Å². The molecule has 2 rings (SSSR count). The van der Waals surface area contributed by atoms with Crippen molar-refractivity contribution in [1.82, 2.24) is 10.2 Å². The van der Waals surface area contributed by atoms with Gasteiger partial charge in [0, 0.05) is 37.3 Å². The van der Waals surface area contributed by atoms with E-state index in [1.54, 1.807) is 0 Å². The Labute approximate surface area is 113 Å². The van der Waals surface area contributed by atoms with Crippen molar-refractivity contribution < 1.29 is 8.78 Å². The van der Waals surface area contributed by atoms with E-state index in [4.69, 9.17) is 0 Å². The maximum atomic E-state index is 13.4. The third-order valence-electron chi connectivity index (χ3n) is 3.92. The molecule has 19 heavy (non-hydrogen) atoms. The van der Waals surface area contributed by atoms with Crippen LogP contribution in [-0.2, 0) is 6.54 Å². The van der Waals surface area contributed by atoms with Gasteiger partial charge in [0.2, 0.25) is 0 Å². The number of hydrogen-bond acceptors (Lipinski definition) is 2. The van der Waals surface area contributed by atoms with Crippen LogP contribution in [-0.4, -0.2) is 31.1 Å². The van der Waals surface area contributed by atoms with Gasteiger partial charge in [0.1, 0.15) is 11.6 Å². The molecule has 0 bridgehead atoms. The number of halogens is 2. The molecule has 0 saturated heterocycles. The van der Waals surface area contributed by atoms with Gasteiger partial charge < -0.3 is 10.2 Å². The summed E-state index contributed by atoms with van der Waals surface area (Å²) in [6.07, 6.45) is 5.26. The molecule has 0 spiro atoms. The zero-order valence-corrected chi connectivity index (χ0v) is 11.5. The first kappa shape index (κ1) is 14.4. The average Bonchev–Trinajstić information content (AvgIpc) is 2.90. The van der Waals surface area contributed by atoms with Crippen LogP contribution in [0.3, 0.4) is 0 Å². The molecule has 106 valence electrons. The predicted molar refractivity (Wildman–Crippen MR) is 73.0 cm³/mol. The molecule has 0 heterocycles. The number of nitrogens with one attached hydrogen (secondary N) is 1. The van der Waals surface area contributed by atoms with Gasteiger partial charge in [0.05, 0.1) is 0 Å². The Kier molecular flexibility index (Phi) is 5.28. The molecule has 1 N–H and O–H groups in total. The summed E-state index contributed by atoms with van der Waals surface area (Å²) in [5.41, 5.74) is 0.518. The van der Waals surface area contributed by atoms with Crippen LogP contribution >= 0.6 is 0 Å². The van der Waals surface area contributed by atoms with E-state index in [0.717, 1.165) is 19.2 Å². The van der Waals surface area contributed by atoms with Gasteiger partial charge in [-0.25, -0.2) is 8.78 Å². The SMILES string of the molecule is CN(CCNCc1ccc(F)cc1F)C1CCCC1. The molecular formula is C15H22F2N2. The molecule has 1 aliphatic carbocycles. The highest BCUT2D eigenvalue weighted by Crippen LogP contribution is 2.21. The molecule has 0 atom stereocenters. The van der Waals surface area contributed by atoms with Gasteiger partial charge in [-0.15, -0.1) is 0 Å². The van der Waals surface area contributed by atoms with Crippen molar-refractivity contribution in [1.29, 1.82) is 0 Å². The second kappa shape index (κ2) is 6.96. The minimum Gasteiger partial charge on any atom is -0.311 e. The smallest absolute Gasteiger partial charge is 0.130 e. The molecule has 2 nitrogen and oxygen atoms in total. The molecule has 0 radical (unpaired) electrons. The lowest BCUT2D eigenvalue weighted by Gasteiger charge is -2.24. The Morgan fingerprint density at radius 2 is 2.00 bits per heavy atom. The summed E-state index contributed by atoms with van der Waals surface area (Å²) in [5.74, 6) is -1.00. The number of benzene rings is 1. The highest BCUT2D eigenvalue weighted by atomic mass is 19.1. The first-order valence-electron chi connectivity index (χ1n) is 7.01. The Morgan fingerprint density at radius 3 is 2.68 bits per heavy atom. The fourth-order valence-corrected chi connectivity index (χ4v) is 2.67. The van der Waals surface area contributed by atoms with Crippen LogP contribution in [0.5, 0.6) is 0 Å². The summed E-state index contributed by atoms with van der Waals surface area (Å²) in [6.45, 7) is 2.24. The summed E-state index contributed by atoms with van der Waals surface area (Å²) in [5, 5.41) is 3.21. The summed E-state index contributed by atoms with van der Waals surface area (Å²) in [7, 11) is 2.15. The summed E-state index contributed by atoms with van der Waals surface area (Å²) < 4.78 is 26.1. The van der Waals surface area contributed by atoms with E-state index in [1.165, 1.54) is 37.8 Å². The van der Waals surface area contributed by atoms with Crippen molar-refractivity contribution in [2.24, 2.45) is 0 Å². The zero-order valence-electron chi connectivity index (χ0n) is 11.5. The van der Waals surface area contributed by atoms with Crippen LogP contribution in [0, 0.1) is 11.6 Å². The fourth-order valence-electron chi connectivity index (χ4n) is 2.67. The molecule has 0 aliphatic heterocycles. The molecule has 4 heteroatoms. The Hall–Kier alpha value is -1.00. The van der Waals surface area contributed by atoms with Crippen LogP contribution in [0.4, 0.5) is 8.78 Å². The molecule has 1 aromatic rings. The summed E-state index contributed by atoms with van der Waals surface area (Å²) in [4.78, 5) is 2.38. The molecule has 1 aliphatic rings. The topological polar surface area (TPSA) is 15.3 Å². The molecule has 1 aromatic carbocycles. The Morgan fingerprint density at radius 1 is 1.26 bits per heavy atom. The number of likely N-dealkylation sites (N-methyl/N-ethyl adjacent to an activating group) is 1. The largest absolute Gasteiger partial charge is 0.311 e. The van der Waals surface area contributed by atoms with Gasteiger partial charge in [-0.2, -0.15) is 0 Å². The second-order valence-electron chi connectivity index (χ2n) is 5.33. The van der Waals surface area contributed by atoms with E-state index in [0.29, 0.717) is 18.2 Å². The lowest BCUT2D eigenvalue weighted by atomic mass is 10.2. The van der Waals surface area contributed by atoms with Crippen LogP contribution in [0.25, 0.3) is 0 Å². The minimum absolute atomic E-state index is 0.449. The van der Waals surface area contributed by atoms with Crippen molar-refractivity contribution in [2.45, 2.75) is 38.3 Å². The standard InChI is InChI=1S/C15H22F2N2/c1-19(14-4-2-3-5-14)9-8-18-11-12-6-7-13(16)10-15(12)17/h6-7,10,14,18H,2-5,8-9,11H2,1H3. The third kappa shape index (κ3) is 4.25. The number of rotatable bonds is 6. The number of nitrogens with zero attached hydrogens (tertiary/aromatic N) is 1. The van der Waals surface area contributed by atoms with Gasteiger partial charge in [0.15, 0.2) is 0 Å². The maximum Gasteiger partial charge on any atom is 0.130 e. The lowest BCUT2D eigenvalue weighted by Crippen LogP contribution is -2.35. The van der Waals surface area contributed by atoms with E-state index < -0.39 is 11.6 Å². The van der Waals surface area contributed by atoms with E-state index in [2.05, 4.69) is 17.3 Å². The molecule has 1 saturated carbocycles. The second-order valence-corrected chi connectivity index (χ2v) is 5.33. The normalized spacial score (nSPS) is 16.4. The minimum atomic E-state index is -0.526. The van der Waals surface area contributed by atoms with Crippen LogP contribution in [0.2, 0.25) is 0 Å². The summed E-state index contributed by atoms with van der Waals surface area (Å²) >= 11 is 0. The first-order valence-corrected chi connectivity index (χ1v) is 7.01. The van der Waals surface area contributed by atoms with Crippen molar-refractivity contribution in [3.63, 3.8) is 0 Å². The molecule has 0 aromatic heterocycles. The van der Waals surface area contributed by atoms with Gasteiger partial charge in [0.25, 0.3) is 0 Å². The lowest BCUT2D eigenvalue weighted by molar-refractivity contribution is 0.245. The van der Waals surface area contributed by atoms with Crippen molar-refractivity contribution >= 4 is 0 Å². The van der Waals surface area contributed by atoms with Crippen LogP contribution < -0.4 is 5.32 Å². The average molecular weight is 268 g/mol. The van der Waals surface area contributed by atoms with Gasteiger partial charge in [-0.3, -0.25) is 0 Å². The maximum absolute atomic E-state index is 13.4. The molecular weight excluding hydrogens is 246 g/mol. The quantitative estimate of drug-likeness (QED) is 0.798. The highest BCUT2D eigenvalue weighted by molar-refractivity contribution is 5.18. The van der Waals surface area contributed by atoms with E-state index in [1.807, 2.05) is 0 Å². The van der Waals surface area contributed by atoms with E-state index >= 15 is 0 Å². The van der Waals surface area contributed by atoms with Crippen molar-refractivity contribution in [3.8, 4) is 0 Å². The predicted octanol–water partition coefficient (Wildman–Crippen LogP) is 2.93. The number of hydrogen-bond donors (Lipinski definition) is 1. The van der Waals surface area contributed by atoms with Crippen molar-refractivity contribution in [3.05, 3.63) is 35.4 Å². The monoisotopic (exact) mass is 268 g/mol. The molecule has 1 fully saturated rings.